The second-order valence-electron chi connectivity index (χ2n) is 3.34. The Kier molecular flexibility index (Phi) is 4.02. The number of rotatable bonds is 4. The molecule has 0 aromatic carbocycles. The summed E-state index contributed by atoms with van der Waals surface area (Å²) in [6, 6.07) is 2.08. The minimum absolute atomic E-state index is 0.590. The Labute approximate surface area is 82.9 Å². The van der Waals surface area contributed by atoms with Crippen molar-refractivity contribution in [1.82, 2.24) is 4.37 Å². The van der Waals surface area contributed by atoms with Crippen molar-refractivity contribution >= 4 is 23.1 Å². The van der Waals surface area contributed by atoms with E-state index in [2.05, 4.69) is 24.3 Å². The van der Waals surface area contributed by atoms with Gasteiger partial charge in [-0.25, -0.2) is 4.37 Å². The highest BCUT2D eigenvalue weighted by molar-refractivity contribution is 7.05. The third kappa shape index (κ3) is 2.76. The SMILES string of the molecule is CC(C)C(CCl)Cc1ccns1. The molecular weight excluding hydrogens is 190 g/mol. The second-order valence-corrected chi connectivity index (χ2v) is 4.57. The highest BCUT2D eigenvalue weighted by atomic mass is 35.5. The molecule has 0 radical (unpaired) electrons. The molecule has 0 fully saturated rings. The van der Waals surface area contributed by atoms with Crippen LogP contribution in [-0.4, -0.2) is 10.3 Å². The number of halogens is 1. The van der Waals surface area contributed by atoms with Crippen LogP contribution in [0.25, 0.3) is 0 Å². The summed E-state index contributed by atoms with van der Waals surface area (Å²) in [5.74, 6) is 1.99. The molecule has 0 aliphatic carbocycles. The lowest BCUT2D eigenvalue weighted by atomic mass is 9.94. The molecule has 1 atom stereocenters. The van der Waals surface area contributed by atoms with Gasteiger partial charge in [-0.1, -0.05) is 13.8 Å². The second kappa shape index (κ2) is 4.83. The molecule has 12 heavy (non-hydrogen) atoms. The number of alkyl halides is 1. The van der Waals surface area contributed by atoms with Gasteiger partial charge in [0.25, 0.3) is 0 Å². The standard InChI is InChI=1S/C9H14ClNS/c1-7(2)8(6-10)5-9-3-4-11-12-9/h3-4,7-8H,5-6H2,1-2H3. The summed E-state index contributed by atoms with van der Waals surface area (Å²) >= 11 is 7.44. The minimum Gasteiger partial charge on any atom is -0.201 e. The Bertz CT molecular complexity index is 208. The van der Waals surface area contributed by atoms with Crippen molar-refractivity contribution < 1.29 is 0 Å². The zero-order valence-electron chi connectivity index (χ0n) is 7.46. The van der Waals surface area contributed by atoms with E-state index in [-0.39, 0.29) is 0 Å². The quantitative estimate of drug-likeness (QED) is 0.685. The average molecular weight is 204 g/mol. The maximum atomic E-state index is 5.86. The van der Waals surface area contributed by atoms with Gasteiger partial charge in [0.05, 0.1) is 0 Å². The van der Waals surface area contributed by atoms with Crippen molar-refractivity contribution in [3.05, 3.63) is 17.1 Å². The molecule has 68 valence electrons. The van der Waals surface area contributed by atoms with Crippen LogP contribution in [0, 0.1) is 11.8 Å². The van der Waals surface area contributed by atoms with E-state index < -0.39 is 0 Å². The van der Waals surface area contributed by atoms with Crippen molar-refractivity contribution in [2.45, 2.75) is 20.3 Å². The van der Waals surface area contributed by atoms with Crippen LogP contribution < -0.4 is 0 Å². The summed E-state index contributed by atoms with van der Waals surface area (Å²) in [6.07, 6.45) is 2.93. The van der Waals surface area contributed by atoms with Gasteiger partial charge in [0, 0.05) is 17.0 Å². The van der Waals surface area contributed by atoms with E-state index in [1.54, 1.807) is 11.5 Å². The zero-order chi connectivity index (χ0) is 8.97. The molecule has 0 aliphatic heterocycles. The summed E-state index contributed by atoms with van der Waals surface area (Å²) in [5, 5.41) is 0. The molecular formula is C9H14ClNS. The summed E-state index contributed by atoms with van der Waals surface area (Å²) in [6.45, 7) is 4.43. The third-order valence-corrected chi connectivity index (χ3v) is 3.26. The van der Waals surface area contributed by atoms with Crippen LogP contribution in [-0.2, 0) is 6.42 Å². The van der Waals surface area contributed by atoms with Crippen molar-refractivity contribution in [1.29, 1.82) is 0 Å². The third-order valence-electron chi connectivity index (χ3n) is 2.10. The van der Waals surface area contributed by atoms with Gasteiger partial charge in [0.2, 0.25) is 0 Å². The Balaban J connectivity index is 2.48. The van der Waals surface area contributed by atoms with Gasteiger partial charge in [0.15, 0.2) is 0 Å². The number of nitrogens with zero attached hydrogens (tertiary/aromatic N) is 1. The molecule has 3 heteroatoms. The van der Waals surface area contributed by atoms with Crippen molar-refractivity contribution in [2.24, 2.45) is 11.8 Å². The maximum absolute atomic E-state index is 5.86. The first-order valence-corrected chi connectivity index (χ1v) is 5.50. The summed E-state index contributed by atoms with van der Waals surface area (Å²) in [5.41, 5.74) is 0. The molecule has 1 unspecified atom stereocenters. The number of aromatic nitrogens is 1. The molecule has 1 heterocycles. The van der Waals surface area contributed by atoms with Crippen LogP contribution in [0.1, 0.15) is 18.7 Å². The molecule has 0 saturated heterocycles. The van der Waals surface area contributed by atoms with Crippen molar-refractivity contribution in [2.75, 3.05) is 5.88 Å². The fourth-order valence-corrected chi connectivity index (χ4v) is 2.21. The molecule has 1 rings (SSSR count). The van der Waals surface area contributed by atoms with Gasteiger partial charge >= 0.3 is 0 Å². The predicted molar refractivity (Wildman–Crippen MR) is 54.9 cm³/mol. The highest BCUT2D eigenvalue weighted by Gasteiger charge is 2.13. The van der Waals surface area contributed by atoms with Crippen LogP contribution in [0.3, 0.4) is 0 Å². The first-order valence-electron chi connectivity index (χ1n) is 4.19. The Morgan fingerprint density at radius 2 is 2.33 bits per heavy atom. The maximum Gasteiger partial charge on any atom is 0.0409 e. The van der Waals surface area contributed by atoms with E-state index in [1.807, 2.05) is 6.20 Å². The number of hydrogen-bond donors (Lipinski definition) is 0. The Hall–Kier alpha value is -0.0800. The molecule has 1 nitrogen and oxygen atoms in total. The average Bonchev–Trinajstić information content (AvgIpc) is 2.51. The largest absolute Gasteiger partial charge is 0.201 e. The van der Waals surface area contributed by atoms with Crippen LogP contribution in [0.5, 0.6) is 0 Å². The summed E-state index contributed by atoms with van der Waals surface area (Å²) in [4.78, 5) is 1.34. The molecule has 1 aromatic heterocycles. The van der Waals surface area contributed by atoms with Crippen LogP contribution in [0.4, 0.5) is 0 Å². The molecule has 0 saturated carbocycles. The zero-order valence-corrected chi connectivity index (χ0v) is 9.03. The number of hydrogen-bond acceptors (Lipinski definition) is 2. The summed E-state index contributed by atoms with van der Waals surface area (Å²) in [7, 11) is 0. The summed E-state index contributed by atoms with van der Waals surface area (Å²) < 4.78 is 4.07. The lowest BCUT2D eigenvalue weighted by Gasteiger charge is -2.16. The molecule has 0 N–H and O–H groups in total. The Morgan fingerprint density at radius 1 is 1.58 bits per heavy atom. The molecule has 0 spiro atoms. The minimum atomic E-state index is 0.590. The van der Waals surface area contributed by atoms with E-state index in [4.69, 9.17) is 11.6 Å². The molecule has 0 amide bonds. The van der Waals surface area contributed by atoms with Gasteiger partial charge in [-0.15, -0.1) is 11.6 Å². The first kappa shape index (κ1) is 10.0. The predicted octanol–water partition coefficient (Wildman–Crippen LogP) is 3.20. The molecule has 0 bridgehead atoms. The van der Waals surface area contributed by atoms with Crippen LogP contribution >= 0.6 is 23.1 Å². The normalized spacial score (nSPS) is 13.7. The Morgan fingerprint density at radius 3 is 2.75 bits per heavy atom. The smallest absolute Gasteiger partial charge is 0.0409 e. The molecule has 0 aliphatic rings. The van der Waals surface area contributed by atoms with Gasteiger partial charge in [-0.2, -0.15) is 0 Å². The van der Waals surface area contributed by atoms with E-state index >= 15 is 0 Å². The lowest BCUT2D eigenvalue weighted by Crippen LogP contribution is -2.12. The fourth-order valence-electron chi connectivity index (χ4n) is 1.07. The van der Waals surface area contributed by atoms with Gasteiger partial charge in [0.1, 0.15) is 0 Å². The van der Waals surface area contributed by atoms with E-state index in [0.29, 0.717) is 11.8 Å². The van der Waals surface area contributed by atoms with E-state index in [1.165, 1.54) is 4.88 Å². The van der Waals surface area contributed by atoms with Crippen LogP contribution in [0.2, 0.25) is 0 Å². The molecule has 1 aromatic rings. The topological polar surface area (TPSA) is 12.9 Å². The first-order chi connectivity index (χ1) is 5.74. The van der Waals surface area contributed by atoms with E-state index in [9.17, 15) is 0 Å². The highest BCUT2D eigenvalue weighted by Crippen LogP contribution is 2.20. The van der Waals surface area contributed by atoms with Crippen molar-refractivity contribution in [3.8, 4) is 0 Å². The fraction of sp³-hybridized carbons (Fsp3) is 0.667. The van der Waals surface area contributed by atoms with Gasteiger partial charge in [-0.05, 0) is 35.9 Å². The van der Waals surface area contributed by atoms with Gasteiger partial charge in [-0.3, -0.25) is 0 Å². The monoisotopic (exact) mass is 203 g/mol. The van der Waals surface area contributed by atoms with E-state index in [0.717, 1.165) is 12.3 Å². The van der Waals surface area contributed by atoms with Crippen LogP contribution in [0.15, 0.2) is 12.3 Å². The van der Waals surface area contributed by atoms with Crippen molar-refractivity contribution in [3.63, 3.8) is 0 Å². The lowest BCUT2D eigenvalue weighted by molar-refractivity contribution is 0.425. The van der Waals surface area contributed by atoms with Gasteiger partial charge < -0.3 is 0 Å².